The monoisotopic (exact) mass is 238 g/mol. The number of hydrogen-bond donors (Lipinski definition) is 2. The second-order valence-electron chi connectivity index (χ2n) is 3.49. The van der Waals surface area contributed by atoms with Crippen LogP contribution in [-0.4, -0.2) is 28.9 Å². The Bertz CT molecular complexity index is 434. The molecule has 1 aromatic rings. The molecule has 2 N–H and O–H groups in total. The summed E-state index contributed by atoms with van der Waals surface area (Å²) in [5.74, 6) is 0.0823. The van der Waals surface area contributed by atoms with Crippen LogP contribution in [0.4, 0.5) is 11.5 Å². The van der Waals surface area contributed by atoms with Crippen LogP contribution >= 0.6 is 0 Å². The van der Waals surface area contributed by atoms with E-state index < -0.39 is 4.92 Å². The van der Waals surface area contributed by atoms with Gasteiger partial charge in [0.2, 0.25) is 11.7 Å². The Balaban J connectivity index is 2.67. The number of aromatic nitrogens is 1. The summed E-state index contributed by atoms with van der Waals surface area (Å²) in [7, 11) is 0. The zero-order chi connectivity index (χ0) is 12.8. The van der Waals surface area contributed by atoms with Gasteiger partial charge >= 0.3 is 5.69 Å². The molecule has 0 aliphatic heterocycles. The fourth-order valence-corrected chi connectivity index (χ4v) is 1.33. The van der Waals surface area contributed by atoms with Crippen molar-refractivity contribution in [3.05, 3.63) is 27.9 Å². The first-order chi connectivity index (χ1) is 8.02. The normalized spacial score (nSPS) is 9.76. The van der Waals surface area contributed by atoms with Gasteiger partial charge in [-0.05, 0) is 13.0 Å². The van der Waals surface area contributed by atoms with Gasteiger partial charge in [-0.1, -0.05) is 0 Å². The first-order valence-corrected chi connectivity index (χ1v) is 5.10. The highest BCUT2D eigenvalue weighted by molar-refractivity contribution is 5.72. The van der Waals surface area contributed by atoms with E-state index in [1.165, 1.54) is 13.1 Å². The Hall–Kier alpha value is -2.18. The molecule has 17 heavy (non-hydrogen) atoms. The zero-order valence-corrected chi connectivity index (χ0v) is 9.69. The number of nitrogens with one attached hydrogen (secondary N) is 2. The Morgan fingerprint density at radius 1 is 1.53 bits per heavy atom. The van der Waals surface area contributed by atoms with Crippen LogP contribution in [0, 0.1) is 17.0 Å². The Kier molecular flexibility index (Phi) is 4.38. The molecule has 1 rings (SSSR count). The van der Waals surface area contributed by atoms with Crippen molar-refractivity contribution in [2.45, 2.75) is 13.8 Å². The molecule has 0 aliphatic rings. The number of amides is 1. The average Bonchev–Trinajstić information content (AvgIpc) is 2.23. The SMILES string of the molecule is CC(=O)NCCNc1nccc(C)c1[N+](=O)[O-]. The summed E-state index contributed by atoms with van der Waals surface area (Å²) >= 11 is 0. The van der Waals surface area contributed by atoms with Gasteiger partial charge in [0.25, 0.3) is 0 Å². The van der Waals surface area contributed by atoms with Gasteiger partial charge in [-0.2, -0.15) is 0 Å². The maximum atomic E-state index is 10.8. The van der Waals surface area contributed by atoms with Gasteiger partial charge in [0.15, 0.2) is 0 Å². The first-order valence-electron chi connectivity index (χ1n) is 5.10. The van der Waals surface area contributed by atoms with Crippen molar-refractivity contribution in [2.24, 2.45) is 0 Å². The molecule has 0 saturated carbocycles. The van der Waals surface area contributed by atoms with E-state index in [0.717, 1.165) is 0 Å². The molecule has 0 aliphatic carbocycles. The molecule has 0 bridgehead atoms. The molecular formula is C10H14N4O3. The highest BCUT2D eigenvalue weighted by atomic mass is 16.6. The number of carbonyl (C=O) groups excluding carboxylic acids is 1. The molecule has 0 radical (unpaired) electrons. The Morgan fingerprint density at radius 2 is 2.24 bits per heavy atom. The average molecular weight is 238 g/mol. The van der Waals surface area contributed by atoms with E-state index in [1.807, 2.05) is 0 Å². The lowest BCUT2D eigenvalue weighted by molar-refractivity contribution is -0.384. The molecule has 1 amide bonds. The van der Waals surface area contributed by atoms with Gasteiger partial charge in [-0.15, -0.1) is 0 Å². The fourth-order valence-electron chi connectivity index (χ4n) is 1.33. The third-order valence-electron chi connectivity index (χ3n) is 2.10. The number of pyridine rings is 1. The first kappa shape index (κ1) is 12.9. The number of anilines is 1. The van der Waals surface area contributed by atoms with Crippen molar-refractivity contribution in [3.8, 4) is 0 Å². The molecule has 92 valence electrons. The Labute approximate surface area is 98.4 Å². The summed E-state index contributed by atoms with van der Waals surface area (Å²) in [6.07, 6.45) is 1.50. The standard InChI is InChI=1S/C10H14N4O3/c1-7-3-4-12-10(9(7)14(16)17)13-6-5-11-8(2)15/h3-4H,5-6H2,1-2H3,(H,11,15)(H,12,13). The number of rotatable bonds is 5. The number of nitro groups is 1. The fraction of sp³-hybridized carbons (Fsp3) is 0.400. The highest BCUT2D eigenvalue weighted by Crippen LogP contribution is 2.24. The van der Waals surface area contributed by atoms with Crippen LogP contribution in [0.15, 0.2) is 12.3 Å². The van der Waals surface area contributed by atoms with Gasteiger partial charge in [0, 0.05) is 31.8 Å². The second-order valence-corrected chi connectivity index (χ2v) is 3.49. The van der Waals surface area contributed by atoms with E-state index in [0.29, 0.717) is 18.7 Å². The van der Waals surface area contributed by atoms with Gasteiger partial charge in [0.05, 0.1) is 4.92 Å². The van der Waals surface area contributed by atoms with E-state index in [2.05, 4.69) is 15.6 Å². The molecule has 0 saturated heterocycles. The van der Waals surface area contributed by atoms with Gasteiger partial charge in [0.1, 0.15) is 0 Å². The van der Waals surface area contributed by atoms with Crippen molar-refractivity contribution in [1.82, 2.24) is 10.3 Å². The van der Waals surface area contributed by atoms with Crippen molar-refractivity contribution >= 4 is 17.4 Å². The van der Waals surface area contributed by atoms with Crippen LogP contribution in [-0.2, 0) is 4.79 Å². The smallest absolute Gasteiger partial charge is 0.314 e. The molecule has 0 spiro atoms. The topological polar surface area (TPSA) is 97.2 Å². The summed E-state index contributed by atoms with van der Waals surface area (Å²) in [4.78, 5) is 24.9. The maximum absolute atomic E-state index is 10.8. The predicted molar refractivity (Wildman–Crippen MR) is 62.8 cm³/mol. The van der Waals surface area contributed by atoms with Crippen LogP contribution in [0.2, 0.25) is 0 Å². The summed E-state index contributed by atoms with van der Waals surface area (Å²) in [5.41, 5.74) is 0.516. The molecule has 7 nitrogen and oxygen atoms in total. The number of carbonyl (C=O) groups is 1. The summed E-state index contributed by atoms with van der Waals surface area (Å²) in [6.45, 7) is 3.84. The minimum atomic E-state index is -0.469. The van der Waals surface area contributed by atoms with Crippen LogP contribution in [0.3, 0.4) is 0 Å². The number of hydrogen-bond acceptors (Lipinski definition) is 5. The van der Waals surface area contributed by atoms with E-state index in [9.17, 15) is 14.9 Å². The van der Waals surface area contributed by atoms with Gasteiger partial charge < -0.3 is 10.6 Å². The molecule has 0 atom stereocenters. The largest absolute Gasteiger partial charge is 0.363 e. The quantitative estimate of drug-likeness (QED) is 0.450. The summed E-state index contributed by atoms with van der Waals surface area (Å²) in [6, 6.07) is 1.58. The van der Waals surface area contributed by atoms with Crippen LogP contribution in [0.25, 0.3) is 0 Å². The number of nitrogens with zero attached hydrogens (tertiary/aromatic N) is 2. The molecule has 1 heterocycles. The van der Waals surface area contributed by atoms with E-state index in [-0.39, 0.29) is 17.4 Å². The zero-order valence-electron chi connectivity index (χ0n) is 9.69. The molecule has 0 aromatic carbocycles. The molecule has 0 unspecified atom stereocenters. The third-order valence-corrected chi connectivity index (χ3v) is 2.10. The summed E-state index contributed by atoms with van der Waals surface area (Å²) < 4.78 is 0. The maximum Gasteiger partial charge on any atom is 0.314 e. The van der Waals surface area contributed by atoms with Crippen LogP contribution in [0.1, 0.15) is 12.5 Å². The predicted octanol–water partition coefficient (Wildman–Crippen LogP) is 0.846. The van der Waals surface area contributed by atoms with Crippen molar-refractivity contribution < 1.29 is 9.72 Å². The van der Waals surface area contributed by atoms with Crippen molar-refractivity contribution in [3.63, 3.8) is 0 Å². The van der Waals surface area contributed by atoms with Gasteiger partial charge in [-0.25, -0.2) is 4.98 Å². The minimum absolute atomic E-state index is 0.0321. The van der Waals surface area contributed by atoms with E-state index in [4.69, 9.17) is 0 Å². The van der Waals surface area contributed by atoms with Crippen LogP contribution < -0.4 is 10.6 Å². The van der Waals surface area contributed by atoms with Crippen LogP contribution in [0.5, 0.6) is 0 Å². The summed E-state index contributed by atoms with van der Waals surface area (Å²) in [5, 5.41) is 16.2. The molecule has 7 heteroatoms. The molecule has 0 fully saturated rings. The van der Waals surface area contributed by atoms with Crippen molar-refractivity contribution in [2.75, 3.05) is 18.4 Å². The Morgan fingerprint density at radius 3 is 2.82 bits per heavy atom. The lowest BCUT2D eigenvalue weighted by atomic mass is 10.2. The van der Waals surface area contributed by atoms with Crippen molar-refractivity contribution in [1.29, 1.82) is 0 Å². The number of aryl methyl sites for hydroxylation is 1. The van der Waals surface area contributed by atoms with E-state index in [1.54, 1.807) is 13.0 Å². The third kappa shape index (κ3) is 3.71. The second kappa shape index (κ2) is 5.78. The van der Waals surface area contributed by atoms with Gasteiger partial charge in [-0.3, -0.25) is 14.9 Å². The lowest BCUT2D eigenvalue weighted by Crippen LogP contribution is -2.26. The molecule has 1 aromatic heterocycles. The molecular weight excluding hydrogens is 224 g/mol. The van der Waals surface area contributed by atoms with E-state index >= 15 is 0 Å². The minimum Gasteiger partial charge on any atom is -0.363 e. The lowest BCUT2D eigenvalue weighted by Gasteiger charge is -2.07. The highest BCUT2D eigenvalue weighted by Gasteiger charge is 2.17.